The molecule has 0 saturated heterocycles. The van der Waals surface area contributed by atoms with Gasteiger partial charge in [-0.3, -0.25) is 4.98 Å². The molecule has 1 aromatic rings. The van der Waals surface area contributed by atoms with E-state index in [1.54, 1.807) is 13.8 Å². The topological polar surface area (TPSA) is 22.1 Å². The number of aromatic nitrogens is 1. The van der Waals surface area contributed by atoms with Crippen molar-refractivity contribution in [1.29, 1.82) is 0 Å². The molecule has 0 aromatic carbocycles. The summed E-state index contributed by atoms with van der Waals surface area (Å²) in [4.78, 5) is 3.90. The Kier molecular flexibility index (Phi) is 3.33. The van der Waals surface area contributed by atoms with E-state index in [1.807, 2.05) is 0 Å². The van der Waals surface area contributed by atoms with Crippen LogP contribution in [0.3, 0.4) is 0 Å². The van der Waals surface area contributed by atoms with Gasteiger partial charge in [0, 0.05) is 17.5 Å². The zero-order chi connectivity index (χ0) is 10.7. The van der Waals surface area contributed by atoms with Gasteiger partial charge in [0.25, 0.3) is 6.36 Å². The number of hydrogen-bond acceptors (Lipinski definition) is 2. The summed E-state index contributed by atoms with van der Waals surface area (Å²) in [5, 5.41) is 0. The van der Waals surface area contributed by atoms with Gasteiger partial charge in [-0.1, -0.05) is 0 Å². The van der Waals surface area contributed by atoms with Crippen LogP contribution in [0.15, 0.2) is 12.3 Å². The van der Waals surface area contributed by atoms with Crippen LogP contribution >= 0.6 is 0 Å². The molecule has 1 aromatic heterocycles. The summed E-state index contributed by atoms with van der Waals surface area (Å²) in [6.07, 6.45) is -4.34. The number of rotatable bonds is 3. The summed E-state index contributed by atoms with van der Waals surface area (Å²) < 4.78 is 40.6. The zero-order valence-corrected chi connectivity index (χ0v) is 7.80. The molecule has 1 heterocycles. The molecule has 0 aliphatic carbocycles. The van der Waals surface area contributed by atoms with Crippen LogP contribution in [0.1, 0.15) is 11.3 Å². The molecule has 0 saturated carbocycles. The number of nitrogens with zero attached hydrogens (tertiary/aromatic N) is 1. The van der Waals surface area contributed by atoms with Gasteiger partial charge in [0.2, 0.25) is 0 Å². The monoisotopic (exact) mass is 205 g/mol. The van der Waals surface area contributed by atoms with Gasteiger partial charge in [-0.2, -0.15) is 4.39 Å². The van der Waals surface area contributed by atoms with Gasteiger partial charge in [-0.25, -0.2) is 8.78 Å². The standard InChI is InChI=1S/C9H10F3NO/c1-5-6(2)13-4-3-7(5)14-9(12)8(10)11/h3-4,8-9H,1-2H3. The van der Waals surface area contributed by atoms with Gasteiger partial charge in [0.15, 0.2) is 0 Å². The molecule has 0 radical (unpaired) electrons. The SMILES string of the molecule is Cc1nccc(OC(F)C(F)F)c1C. The highest BCUT2D eigenvalue weighted by molar-refractivity contribution is 5.33. The average molecular weight is 205 g/mol. The second-order valence-electron chi connectivity index (χ2n) is 2.82. The molecule has 1 atom stereocenters. The van der Waals surface area contributed by atoms with Gasteiger partial charge in [0.05, 0.1) is 0 Å². The fourth-order valence-corrected chi connectivity index (χ4v) is 0.917. The molecule has 0 spiro atoms. The maximum atomic E-state index is 12.5. The summed E-state index contributed by atoms with van der Waals surface area (Å²) >= 11 is 0. The van der Waals surface area contributed by atoms with Crippen LogP contribution in [0, 0.1) is 13.8 Å². The van der Waals surface area contributed by atoms with Crippen molar-refractivity contribution in [3.8, 4) is 5.75 Å². The number of aryl methyl sites for hydroxylation is 1. The fourth-order valence-electron chi connectivity index (χ4n) is 0.917. The molecular formula is C9H10F3NO. The van der Waals surface area contributed by atoms with Gasteiger partial charge in [-0.05, 0) is 19.9 Å². The van der Waals surface area contributed by atoms with Crippen molar-refractivity contribution in [2.45, 2.75) is 26.6 Å². The summed E-state index contributed by atoms with van der Waals surface area (Å²) in [5.41, 5.74) is 1.19. The minimum Gasteiger partial charge on any atom is -0.454 e. The second-order valence-corrected chi connectivity index (χ2v) is 2.82. The first kappa shape index (κ1) is 10.8. The molecule has 0 bridgehead atoms. The van der Waals surface area contributed by atoms with Gasteiger partial charge >= 0.3 is 6.43 Å². The Morgan fingerprint density at radius 2 is 1.93 bits per heavy atom. The third-order valence-electron chi connectivity index (χ3n) is 1.84. The molecule has 78 valence electrons. The van der Waals surface area contributed by atoms with Crippen molar-refractivity contribution in [3.05, 3.63) is 23.5 Å². The summed E-state index contributed by atoms with van der Waals surface area (Å²) in [6.45, 7) is 3.33. The Hall–Kier alpha value is -1.26. The molecular weight excluding hydrogens is 195 g/mol. The molecule has 0 aliphatic heterocycles. The first-order chi connectivity index (χ1) is 6.52. The van der Waals surface area contributed by atoms with Gasteiger partial charge in [0.1, 0.15) is 5.75 Å². The lowest BCUT2D eigenvalue weighted by Crippen LogP contribution is -2.20. The number of halogens is 3. The third kappa shape index (κ3) is 2.37. The minimum atomic E-state index is -3.14. The third-order valence-corrected chi connectivity index (χ3v) is 1.84. The van der Waals surface area contributed by atoms with Crippen molar-refractivity contribution >= 4 is 0 Å². The van der Waals surface area contributed by atoms with E-state index in [1.165, 1.54) is 12.3 Å². The highest BCUT2D eigenvalue weighted by atomic mass is 19.3. The van der Waals surface area contributed by atoms with Crippen LogP contribution in [-0.4, -0.2) is 17.8 Å². The van der Waals surface area contributed by atoms with Crippen LogP contribution in [-0.2, 0) is 0 Å². The van der Waals surface area contributed by atoms with Crippen molar-refractivity contribution < 1.29 is 17.9 Å². The van der Waals surface area contributed by atoms with Crippen LogP contribution in [0.5, 0.6) is 5.75 Å². The Morgan fingerprint density at radius 1 is 1.29 bits per heavy atom. The zero-order valence-electron chi connectivity index (χ0n) is 7.80. The number of pyridine rings is 1. The molecule has 1 unspecified atom stereocenters. The quantitative estimate of drug-likeness (QED) is 0.756. The van der Waals surface area contributed by atoms with E-state index in [9.17, 15) is 13.2 Å². The Labute approximate surface area is 79.7 Å². The van der Waals surface area contributed by atoms with Crippen LogP contribution in [0.25, 0.3) is 0 Å². The van der Waals surface area contributed by atoms with Gasteiger partial charge < -0.3 is 4.74 Å². The summed E-state index contributed by atoms with van der Waals surface area (Å²) in [5.74, 6) is 0.102. The van der Waals surface area contributed by atoms with E-state index in [0.29, 0.717) is 11.3 Å². The van der Waals surface area contributed by atoms with Crippen LogP contribution in [0.2, 0.25) is 0 Å². The smallest absolute Gasteiger partial charge is 0.304 e. The molecule has 0 N–H and O–H groups in total. The van der Waals surface area contributed by atoms with E-state index in [4.69, 9.17) is 0 Å². The first-order valence-corrected chi connectivity index (χ1v) is 4.03. The predicted octanol–water partition coefficient (Wildman–Crippen LogP) is 2.64. The Bertz CT molecular complexity index is 317. The maximum Gasteiger partial charge on any atom is 0.304 e. The highest BCUT2D eigenvalue weighted by Gasteiger charge is 2.21. The number of alkyl halides is 3. The molecule has 2 nitrogen and oxygen atoms in total. The molecule has 0 amide bonds. The van der Waals surface area contributed by atoms with E-state index in [-0.39, 0.29) is 5.75 Å². The average Bonchev–Trinajstić information content (AvgIpc) is 2.12. The molecule has 14 heavy (non-hydrogen) atoms. The van der Waals surface area contributed by atoms with E-state index in [0.717, 1.165) is 0 Å². The summed E-state index contributed by atoms with van der Waals surface area (Å²) in [6, 6.07) is 1.36. The Morgan fingerprint density at radius 3 is 2.50 bits per heavy atom. The lowest BCUT2D eigenvalue weighted by molar-refractivity contribution is -0.0672. The maximum absolute atomic E-state index is 12.5. The molecule has 0 fully saturated rings. The lowest BCUT2D eigenvalue weighted by atomic mass is 10.2. The normalized spacial score (nSPS) is 13.0. The second kappa shape index (κ2) is 4.30. The number of ether oxygens (including phenoxy) is 1. The number of hydrogen-bond donors (Lipinski definition) is 0. The van der Waals surface area contributed by atoms with E-state index < -0.39 is 12.8 Å². The summed E-state index contributed by atoms with van der Waals surface area (Å²) in [7, 11) is 0. The predicted molar refractivity (Wildman–Crippen MR) is 45.2 cm³/mol. The first-order valence-electron chi connectivity index (χ1n) is 4.03. The molecule has 5 heteroatoms. The minimum absolute atomic E-state index is 0.102. The lowest BCUT2D eigenvalue weighted by Gasteiger charge is -2.12. The van der Waals surface area contributed by atoms with Crippen molar-refractivity contribution in [2.75, 3.05) is 0 Å². The van der Waals surface area contributed by atoms with Crippen molar-refractivity contribution in [1.82, 2.24) is 4.98 Å². The van der Waals surface area contributed by atoms with E-state index >= 15 is 0 Å². The van der Waals surface area contributed by atoms with Crippen LogP contribution < -0.4 is 4.74 Å². The van der Waals surface area contributed by atoms with E-state index in [2.05, 4.69) is 9.72 Å². The highest BCUT2D eigenvalue weighted by Crippen LogP contribution is 2.21. The Balaban J connectivity index is 2.82. The molecule has 0 aliphatic rings. The van der Waals surface area contributed by atoms with Crippen molar-refractivity contribution in [3.63, 3.8) is 0 Å². The largest absolute Gasteiger partial charge is 0.454 e. The van der Waals surface area contributed by atoms with Crippen molar-refractivity contribution in [2.24, 2.45) is 0 Å². The van der Waals surface area contributed by atoms with Gasteiger partial charge in [-0.15, -0.1) is 0 Å². The van der Waals surface area contributed by atoms with Crippen LogP contribution in [0.4, 0.5) is 13.2 Å². The molecule has 1 rings (SSSR count). The fraction of sp³-hybridized carbons (Fsp3) is 0.444.